The minimum Gasteiger partial charge on any atom is -0.384 e. The van der Waals surface area contributed by atoms with Crippen molar-refractivity contribution in [2.45, 2.75) is 11.9 Å². The minimum atomic E-state index is -3.98. The van der Waals surface area contributed by atoms with E-state index in [0.717, 1.165) is 6.07 Å². The summed E-state index contributed by atoms with van der Waals surface area (Å²) in [5, 5.41) is 7.01. The lowest BCUT2D eigenvalue weighted by Crippen LogP contribution is -2.16. The number of imidazole rings is 1. The molecule has 0 atom stereocenters. The fourth-order valence-corrected chi connectivity index (χ4v) is 2.73. The minimum absolute atomic E-state index is 0.170. The van der Waals surface area contributed by atoms with Crippen molar-refractivity contribution in [1.82, 2.24) is 9.55 Å². The van der Waals surface area contributed by atoms with Gasteiger partial charge in [-0.15, -0.1) is 0 Å². The highest BCUT2D eigenvalue weighted by Crippen LogP contribution is 2.20. The van der Waals surface area contributed by atoms with Crippen LogP contribution in [0.15, 0.2) is 29.4 Å². The van der Waals surface area contributed by atoms with Crippen LogP contribution in [0.25, 0.3) is 0 Å². The highest BCUT2D eigenvalue weighted by Gasteiger charge is 2.20. The second-order valence-electron chi connectivity index (χ2n) is 4.45. The molecule has 0 aliphatic rings. The van der Waals surface area contributed by atoms with Gasteiger partial charge in [-0.3, -0.25) is 10.1 Å². The normalized spacial score (nSPS) is 11.4. The Kier molecular flexibility index (Phi) is 3.69. The third kappa shape index (κ3) is 3.02. The third-order valence-corrected chi connectivity index (χ3v) is 4.12. The molecule has 1 heterocycles. The van der Waals surface area contributed by atoms with Gasteiger partial charge in [-0.05, 0) is 25.1 Å². The van der Waals surface area contributed by atoms with Crippen LogP contribution in [0.2, 0.25) is 0 Å². The number of halogens is 1. The van der Waals surface area contributed by atoms with Crippen molar-refractivity contribution >= 4 is 21.5 Å². The molecule has 0 saturated carbocycles. The summed E-state index contributed by atoms with van der Waals surface area (Å²) in [5.41, 5.74) is 5.17. The Bertz CT molecular complexity index is 794. The number of rotatable bonds is 4. The summed E-state index contributed by atoms with van der Waals surface area (Å²) in [6, 6.07) is 3.55. The smallest absolute Gasteiger partial charge is 0.281 e. The topological polar surface area (TPSA) is 114 Å². The molecule has 1 aromatic heterocycles. The van der Waals surface area contributed by atoms with Gasteiger partial charge in [-0.25, -0.2) is 9.37 Å². The second-order valence-corrected chi connectivity index (χ2v) is 6.08. The molecule has 112 valence electrons. The number of nitrogens with zero attached hydrogens (tertiary/aromatic N) is 2. The van der Waals surface area contributed by atoms with Gasteiger partial charge >= 0.3 is 0 Å². The van der Waals surface area contributed by atoms with Crippen LogP contribution >= 0.6 is 0 Å². The average Bonchev–Trinajstić information content (AvgIpc) is 2.72. The molecule has 21 heavy (non-hydrogen) atoms. The number of nitrogens with two attached hydrogens (primary N) is 1. The maximum Gasteiger partial charge on any atom is 0.281 e. The zero-order valence-corrected chi connectivity index (χ0v) is 12.2. The SMILES string of the molecule is Cc1nc(S(=O)(=O)Nc2ccc(C(=N)N)cc2F)cn1C. The molecule has 7 nitrogen and oxygen atoms in total. The monoisotopic (exact) mass is 311 g/mol. The van der Waals surface area contributed by atoms with E-state index in [1.807, 2.05) is 0 Å². The number of aromatic nitrogens is 2. The first-order chi connectivity index (χ1) is 9.70. The molecule has 1 aromatic carbocycles. The predicted molar refractivity (Wildman–Crippen MR) is 76.2 cm³/mol. The van der Waals surface area contributed by atoms with Crippen molar-refractivity contribution in [2.75, 3.05) is 4.72 Å². The molecule has 0 amide bonds. The van der Waals surface area contributed by atoms with Crippen molar-refractivity contribution < 1.29 is 12.8 Å². The fraction of sp³-hybridized carbons (Fsp3) is 0.167. The van der Waals surface area contributed by atoms with Crippen LogP contribution in [-0.2, 0) is 17.1 Å². The van der Waals surface area contributed by atoms with Crippen LogP contribution in [0.1, 0.15) is 11.4 Å². The van der Waals surface area contributed by atoms with E-state index >= 15 is 0 Å². The van der Waals surface area contributed by atoms with Gasteiger partial charge in [0.15, 0.2) is 5.03 Å². The Balaban J connectivity index is 2.35. The van der Waals surface area contributed by atoms with Gasteiger partial charge in [-0.1, -0.05) is 0 Å². The van der Waals surface area contributed by atoms with Gasteiger partial charge in [0.25, 0.3) is 10.0 Å². The van der Waals surface area contributed by atoms with E-state index in [0.29, 0.717) is 5.82 Å². The van der Waals surface area contributed by atoms with Crippen molar-refractivity contribution in [1.29, 1.82) is 5.41 Å². The number of sulfonamides is 1. The molecular weight excluding hydrogens is 297 g/mol. The molecule has 0 unspecified atom stereocenters. The molecule has 2 rings (SSSR count). The molecule has 4 N–H and O–H groups in total. The molecule has 0 fully saturated rings. The summed E-state index contributed by atoms with van der Waals surface area (Å²) in [5.74, 6) is -0.606. The summed E-state index contributed by atoms with van der Waals surface area (Å²) in [4.78, 5) is 3.89. The van der Waals surface area contributed by atoms with Crippen LogP contribution in [0, 0.1) is 18.2 Å². The Hall–Kier alpha value is -2.42. The summed E-state index contributed by atoms with van der Waals surface area (Å²) in [6.45, 7) is 1.65. The molecule has 0 bridgehead atoms. The van der Waals surface area contributed by atoms with E-state index in [9.17, 15) is 12.8 Å². The predicted octanol–water partition coefficient (Wildman–Crippen LogP) is 0.952. The molecule has 0 aliphatic heterocycles. The van der Waals surface area contributed by atoms with E-state index in [1.54, 1.807) is 18.5 Å². The van der Waals surface area contributed by atoms with Crippen molar-refractivity contribution in [3.05, 3.63) is 41.6 Å². The molecular formula is C12H14FN5O2S. The fourth-order valence-electron chi connectivity index (χ4n) is 1.62. The lowest BCUT2D eigenvalue weighted by Gasteiger charge is -2.08. The maximum absolute atomic E-state index is 13.8. The number of nitrogens with one attached hydrogen (secondary N) is 2. The number of anilines is 1. The standard InChI is InChI=1S/C12H14FN5O2S/c1-7-16-11(6-18(7)2)21(19,20)17-10-4-3-8(12(14)15)5-9(10)13/h3-6,17H,1-2H3,(H3,14,15). The van der Waals surface area contributed by atoms with Crippen LogP contribution in [0.5, 0.6) is 0 Å². The second kappa shape index (κ2) is 5.17. The molecule has 9 heteroatoms. The molecule has 0 spiro atoms. The number of hydrogen-bond donors (Lipinski definition) is 3. The zero-order chi connectivity index (χ0) is 15.8. The Morgan fingerprint density at radius 2 is 2.14 bits per heavy atom. The summed E-state index contributed by atoms with van der Waals surface area (Å²) < 4.78 is 41.7. The molecule has 2 aromatic rings. The Labute approximate surface area is 121 Å². The first-order valence-corrected chi connectivity index (χ1v) is 7.36. The van der Waals surface area contributed by atoms with Gasteiger partial charge < -0.3 is 10.3 Å². The van der Waals surface area contributed by atoms with E-state index in [4.69, 9.17) is 11.1 Å². The average molecular weight is 311 g/mol. The largest absolute Gasteiger partial charge is 0.384 e. The van der Waals surface area contributed by atoms with Crippen molar-refractivity contribution in [3.8, 4) is 0 Å². The van der Waals surface area contributed by atoms with Crippen molar-refractivity contribution in [3.63, 3.8) is 0 Å². The zero-order valence-electron chi connectivity index (χ0n) is 11.4. The maximum atomic E-state index is 13.8. The molecule has 0 radical (unpaired) electrons. The summed E-state index contributed by atoms with van der Waals surface area (Å²) in [7, 11) is -2.32. The van der Waals surface area contributed by atoms with Crippen LogP contribution in [0.3, 0.4) is 0 Å². The lowest BCUT2D eigenvalue weighted by atomic mass is 10.2. The highest BCUT2D eigenvalue weighted by atomic mass is 32.2. The van der Waals surface area contributed by atoms with Gasteiger partial charge in [0.05, 0.1) is 5.69 Å². The lowest BCUT2D eigenvalue weighted by molar-refractivity contribution is 0.595. The van der Waals surface area contributed by atoms with Gasteiger partial charge in [0.2, 0.25) is 0 Å². The number of hydrogen-bond acceptors (Lipinski definition) is 4. The van der Waals surface area contributed by atoms with Gasteiger partial charge in [0, 0.05) is 18.8 Å². The van der Waals surface area contributed by atoms with E-state index in [-0.39, 0.29) is 22.1 Å². The first kappa shape index (κ1) is 15.0. The van der Waals surface area contributed by atoms with Crippen LogP contribution < -0.4 is 10.5 Å². The summed E-state index contributed by atoms with van der Waals surface area (Å²) >= 11 is 0. The molecule has 0 aliphatic carbocycles. The van der Waals surface area contributed by atoms with Crippen molar-refractivity contribution in [2.24, 2.45) is 12.8 Å². The van der Waals surface area contributed by atoms with Gasteiger partial charge in [-0.2, -0.15) is 8.42 Å². The number of nitrogen functional groups attached to an aromatic ring is 1. The number of aryl methyl sites for hydroxylation is 2. The summed E-state index contributed by atoms with van der Waals surface area (Å²) in [6.07, 6.45) is 1.33. The van der Waals surface area contributed by atoms with E-state index < -0.39 is 15.8 Å². The van der Waals surface area contributed by atoms with Gasteiger partial charge in [0.1, 0.15) is 17.5 Å². The van der Waals surface area contributed by atoms with Crippen LogP contribution in [-0.4, -0.2) is 23.8 Å². The Morgan fingerprint density at radius 3 is 2.62 bits per heavy atom. The first-order valence-electron chi connectivity index (χ1n) is 5.87. The Morgan fingerprint density at radius 1 is 1.48 bits per heavy atom. The molecule has 0 saturated heterocycles. The number of amidine groups is 1. The highest BCUT2D eigenvalue weighted by molar-refractivity contribution is 7.92. The quantitative estimate of drug-likeness (QED) is 0.576. The number of benzene rings is 1. The third-order valence-electron chi connectivity index (χ3n) is 2.89. The van der Waals surface area contributed by atoms with E-state index in [2.05, 4.69) is 9.71 Å². The van der Waals surface area contributed by atoms with E-state index in [1.165, 1.54) is 18.3 Å². The van der Waals surface area contributed by atoms with Crippen LogP contribution in [0.4, 0.5) is 10.1 Å².